The lowest BCUT2D eigenvalue weighted by Gasteiger charge is -2.33. The molecule has 0 radical (unpaired) electrons. The Morgan fingerprint density at radius 1 is 1.06 bits per heavy atom. The summed E-state index contributed by atoms with van der Waals surface area (Å²) >= 11 is 6.58. The summed E-state index contributed by atoms with van der Waals surface area (Å²) in [6, 6.07) is 23.7. The van der Waals surface area contributed by atoms with Crippen molar-refractivity contribution >= 4 is 33.3 Å². The molecule has 0 amide bonds. The molecule has 188 valence electrons. The maximum absolute atomic E-state index is 11.2. The van der Waals surface area contributed by atoms with Crippen molar-refractivity contribution in [3.63, 3.8) is 0 Å². The van der Waals surface area contributed by atoms with Crippen LogP contribution in [0.5, 0.6) is 0 Å². The van der Waals surface area contributed by atoms with E-state index in [9.17, 15) is 5.11 Å². The number of hydrogen-bond donors (Lipinski definition) is 2. The van der Waals surface area contributed by atoms with Gasteiger partial charge in [-0.2, -0.15) is 0 Å². The SMILES string of the molecule is Cc1ccc2cc(CN3CCC[C@@H]3[C@H](O)CNC(C)(C)Cc3ccc4ccccc4c3)c(Cl)nc2c1. The molecule has 5 heteroatoms. The van der Waals surface area contributed by atoms with E-state index in [-0.39, 0.29) is 11.6 Å². The Hall–Kier alpha value is -2.50. The van der Waals surface area contributed by atoms with Crippen molar-refractivity contribution in [2.45, 2.75) is 64.3 Å². The smallest absolute Gasteiger partial charge is 0.134 e. The number of nitrogens with one attached hydrogen (secondary N) is 1. The topological polar surface area (TPSA) is 48.4 Å². The molecule has 0 spiro atoms. The molecule has 0 aliphatic carbocycles. The molecule has 4 aromatic rings. The number of likely N-dealkylation sites (tertiary alicyclic amines) is 1. The number of β-amino-alcohol motifs (C(OH)–C–C–N with tert-alkyl or cyclic N) is 1. The number of benzene rings is 3. The quantitative estimate of drug-likeness (QED) is 0.279. The van der Waals surface area contributed by atoms with E-state index in [1.165, 1.54) is 21.9 Å². The van der Waals surface area contributed by atoms with E-state index in [4.69, 9.17) is 11.6 Å². The van der Waals surface area contributed by atoms with Gasteiger partial charge in [0.05, 0.1) is 11.6 Å². The van der Waals surface area contributed by atoms with Gasteiger partial charge in [-0.3, -0.25) is 4.90 Å². The number of aliphatic hydroxyl groups excluding tert-OH is 1. The van der Waals surface area contributed by atoms with Crippen molar-refractivity contribution < 1.29 is 5.11 Å². The standard InChI is InChI=1S/C31H36ClN3O/c1-21-10-12-25-17-26(30(32)34-27(25)15-21)20-35-14-6-9-28(35)29(36)19-33-31(2,3)18-22-11-13-23-7-4-5-8-24(23)16-22/h4-5,7-8,10-13,15-17,28-29,33,36H,6,9,14,18-20H2,1-3H3/t28-,29-/m1/s1. The number of aliphatic hydroxyl groups is 1. The average Bonchev–Trinajstić information content (AvgIpc) is 3.31. The summed E-state index contributed by atoms with van der Waals surface area (Å²) in [7, 11) is 0. The molecule has 0 bridgehead atoms. The molecule has 36 heavy (non-hydrogen) atoms. The molecule has 5 rings (SSSR count). The lowest BCUT2D eigenvalue weighted by Crippen LogP contribution is -2.50. The first-order valence-electron chi connectivity index (χ1n) is 13.0. The fraction of sp³-hybridized carbons (Fsp3) is 0.387. The fourth-order valence-electron chi connectivity index (χ4n) is 5.55. The summed E-state index contributed by atoms with van der Waals surface area (Å²) < 4.78 is 0. The Bertz CT molecular complexity index is 1370. The maximum Gasteiger partial charge on any atom is 0.134 e. The van der Waals surface area contributed by atoms with Crippen molar-refractivity contribution in [2.75, 3.05) is 13.1 Å². The zero-order chi connectivity index (χ0) is 25.3. The van der Waals surface area contributed by atoms with Crippen LogP contribution in [-0.4, -0.2) is 45.8 Å². The van der Waals surface area contributed by atoms with Gasteiger partial charge in [0.15, 0.2) is 0 Å². The van der Waals surface area contributed by atoms with Crippen molar-refractivity contribution in [3.8, 4) is 0 Å². The summed E-state index contributed by atoms with van der Waals surface area (Å²) in [5.74, 6) is 0. The van der Waals surface area contributed by atoms with Gasteiger partial charge < -0.3 is 10.4 Å². The first-order chi connectivity index (χ1) is 17.3. The van der Waals surface area contributed by atoms with Gasteiger partial charge in [0, 0.05) is 35.6 Å². The van der Waals surface area contributed by atoms with Crippen molar-refractivity contribution in [1.29, 1.82) is 0 Å². The van der Waals surface area contributed by atoms with Gasteiger partial charge in [0.1, 0.15) is 5.15 Å². The first-order valence-corrected chi connectivity index (χ1v) is 13.4. The Balaban J connectivity index is 1.22. The predicted molar refractivity (Wildman–Crippen MR) is 151 cm³/mol. The second-order valence-electron chi connectivity index (χ2n) is 11.0. The molecule has 1 aliphatic heterocycles. The van der Waals surface area contributed by atoms with Crippen LogP contribution in [0, 0.1) is 6.92 Å². The Labute approximate surface area is 219 Å². The molecule has 1 aromatic heterocycles. The van der Waals surface area contributed by atoms with Gasteiger partial charge in [0.2, 0.25) is 0 Å². The maximum atomic E-state index is 11.2. The molecule has 1 fully saturated rings. The molecule has 2 N–H and O–H groups in total. The molecule has 2 atom stereocenters. The van der Waals surface area contributed by atoms with E-state index in [2.05, 4.69) is 103 Å². The summed E-state index contributed by atoms with van der Waals surface area (Å²) in [5.41, 5.74) is 4.31. The minimum atomic E-state index is -0.446. The van der Waals surface area contributed by atoms with E-state index in [1.807, 2.05) is 0 Å². The third kappa shape index (κ3) is 5.73. The highest BCUT2D eigenvalue weighted by Gasteiger charge is 2.32. The molecule has 4 nitrogen and oxygen atoms in total. The predicted octanol–water partition coefficient (Wildman–Crippen LogP) is 6.29. The average molecular weight is 502 g/mol. The first kappa shape index (κ1) is 25.2. The molecular weight excluding hydrogens is 466 g/mol. The number of aryl methyl sites for hydroxylation is 1. The number of nitrogens with zero attached hydrogens (tertiary/aromatic N) is 2. The third-order valence-electron chi connectivity index (χ3n) is 7.48. The van der Waals surface area contributed by atoms with Crippen molar-refractivity contribution in [1.82, 2.24) is 15.2 Å². The summed E-state index contributed by atoms with van der Waals surface area (Å²) in [6.45, 7) is 8.72. The number of fused-ring (bicyclic) bond motifs is 2. The summed E-state index contributed by atoms with van der Waals surface area (Å²) in [5, 5.41) is 19.0. The molecule has 0 saturated carbocycles. The highest BCUT2D eigenvalue weighted by atomic mass is 35.5. The highest BCUT2D eigenvalue weighted by molar-refractivity contribution is 6.30. The molecule has 1 aliphatic rings. The zero-order valence-electron chi connectivity index (χ0n) is 21.5. The largest absolute Gasteiger partial charge is 0.390 e. The third-order valence-corrected chi connectivity index (χ3v) is 7.81. The normalized spacial score (nSPS) is 17.8. The van der Waals surface area contributed by atoms with Gasteiger partial charge in [-0.15, -0.1) is 0 Å². The lowest BCUT2D eigenvalue weighted by atomic mass is 9.93. The van der Waals surface area contributed by atoms with Crippen LogP contribution < -0.4 is 5.32 Å². The highest BCUT2D eigenvalue weighted by Crippen LogP contribution is 2.28. The van der Waals surface area contributed by atoms with Crippen LogP contribution in [0.4, 0.5) is 0 Å². The van der Waals surface area contributed by atoms with E-state index in [1.54, 1.807) is 0 Å². The summed E-state index contributed by atoms with van der Waals surface area (Å²) in [4.78, 5) is 7.01. The van der Waals surface area contributed by atoms with Gasteiger partial charge in [0.25, 0.3) is 0 Å². The number of aromatic nitrogens is 1. The van der Waals surface area contributed by atoms with Crippen LogP contribution >= 0.6 is 11.6 Å². The molecule has 2 heterocycles. The van der Waals surface area contributed by atoms with E-state index in [0.29, 0.717) is 18.2 Å². The number of halogens is 1. The number of hydrogen-bond acceptors (Lipinski definition) is 4. The minimum Gasteiger partial charge on any atom is -0.390 e. The van der Waals surface area contributed by atoms with Crippen LogP contribution in [0.3, 0.4) is 0 Å². The van der Waals surface area contributed by atoms with Crippen molar-refractivity contribution in [3.05, 3.63) is 88.6 Å². The van der Waals surface area contributed by atoms with E-state index < -0.39 is 6.10 Å². The monoisotopic (exact) mass is 501 g/mol. The van der Waals surface area contributed by atoms with Crippen LogP contribution in [0.15, 0.2) is 66.7 Å². The lowest BCUT2D eigenvalue weighted by molar-refractivity contribution is 0.0633. The van der Waals surface area contributed by atoms with Crippen LogP contribution in [0.25, 0.3) is 21.7 Å². The Morgan fingerprint density at radius 2 is 1.83 bits per heavy atom. The Morgan fingerprint density at radius 3 is 2.67 bits per heavy atom. The fourth-order valence-corrected chi connectivity index (χ4v) is 5.75. The molecule has 0 unspecified atom stereocenters. The number of pyridine rings is 1. The summed E-state index contributed by atoms with van der Waals surface area (Å²) in [6.07, 6.45) is 2.53. The second-order valence-corrected chi connectivity index (χ2v) is 11.4. The van der Waals surface area contributed by atoms with Crippen LogP contribution in [0.1, 0.15) is 43.4 Å². The number of rotatable bonds is 8. The van der Waals surface area contributed by atoms with Crippen molar-refractivity contribution in [2.24, 2.45) is 0 Å². The van der Waals surface area contributed by atoms with E-state index >= 15 is 0 Å². The molecule has 1 saturated heterocycles. The van der Waals surface area contributed by atoms with Gasteiger partial charge >= 0.3 is 0 Å². The van der Waals surface area contributed by atoms with Crippen LogP contribution in [0.2, 0.25) is 5.15 Å². The zero-order valence-corrected chi connectivity index (χ0v) is 22.2. The van der Waals surface area contributed by atoms with Gasteiger partial charge in [-0.05, 0) is 80.6 Å². The van der Waals surface area contributed by atoms with Gasteiger partial charge in [-0.1, -0.05) is 66.2 Å². The van der Waals surface area contributed by atoms with E-state index in [0.717, 1.165) is 42.3 Å². The molecular formula is C31H36ClN3O. The Kier molecular flexibility index (Phi) is 7.32. The molecule has 3 aromatic carbocycles. The van der Waals surface area contributed by atoms with Crippen LogP contribution in [-0.2, 0) is 13.0 Å². The van der Waals surface area contributed by atoms with Gasteiger partial charge in [-0.25, -0.2) is 4.98 Å². The second kappa shape index (κ2) is 10.5. The minimum absolute atomic E-state index is 0.110.